The SMILES string of the molecule is O=S1(=O)c2ccccc2C2(CCNCC2)c2ccccc21. The summed E-state index contributed by atoms with van der Waals surface area (Å²) in [6, 6.07) is 15.0. The molecule has 1 N–H and O–H groups in total. The van der Waals surface area contributed by atoms with Gasteiger partial charge in [-0.05, 0) is 49.2 Å². The van der Waals surface area contributed by atoms with Crippen LogP contribution in [0.3, 0.4) is 0 Å². The summed E-state index contributed by atoms with van der Waals surface area (Å²) in [6.07, 6.45) is 1.88. The van der Waals surface area contributed by atoms with Crippen LogP contribution < -0.4 is 5.32 Å². The summed E-state index contributed by atoms with van der Waals surface area (Å²) < 4.78 is 25.8. The van der Waals surface area contributed by atoms with E-state index in [1.165, 1.54) is 0 Å². The fraction of sp³-hybridized carbons (Fsp3) is 0.294. The minimum absolute atomic E-state index is 0.163. The molecule has 0 aromatic heterocycles. The van der Waals surface area contributed by atoms with Crippen molar-refractivity contribution < 1.29 is 8.42 Å². The van der Waals surface area contributed by atoms with Crippen LogP contribution in [0.4, 0.5) is 0 Å². The molecular formula is C17H17NO2S. The molecule has 1 fully saturated rings. The Morgan fingerprint density at radius 3 is 1.81 bits per heavy atom. The van der Waals surface area contributed by atoms with Gasteiger partial charge in [-0.3, -0.25) is 0 Å². The highest BCUT2D eigenvalue weighted by atomic mass is 32.2. The number of sulfone groups is 1. The molecular weight excluding hydrogens is 282 g/mol. The van der Waals surface area contributed by atoms with E-state index in [0.717, 1.165) is 37.1 Å². The van der Waals surface area contributed by atoms with Crippen molar-refractivity contribution in [3.8, 4) is 0 Å². The normalized spacial score (nSPS) is 21.5. The van der Waals surface area contributed by atoms with Gasteiger partial charge < -0.3 is 5.32 Å². The Hall–Kier alpha value is -1.65. The van der Waals surface area contributed by atoms with E-state index >= 15 is 0 Å². The second-order valence-corrected chi connectivity index (χ2v) is 7.71. The molecule has 0 unspecified atom stereocenters. The summed E-state index contributed by atoms with van der Waals surface area (Å²) in [4.78, 5) is 0.983. The largest absolute Gasteiger partial charge is 0.317 e. The van der Waals surface area contributed by atoms with Crippen LogP contribution in [0.15, 0.2) is 58.3 Å². The van der Waals surface area contributed by atoms with Gasteiger partial charge in [0.1, 0.15) is 0 Å². The first-order valence-corrected chi connectivity index (χ1v) is 8.79. The van der Waals surface area contributed by atoms with Gasteiger partial charge in [0.05, 0.1) is 9.79 Å². The van der Waals surface area contributed by atoms with E-state index in [-0.39, 0.29) is 5.41 Å². The van der Waals surface area contributed by atoms with Gasteiger partial charge >= 0.3 is 0 Å². The molecule has 2 aliphatic rings. The van der Waals surface area contributed by atoms with E-state index in [0.29, 0.717) is 9.79 Å². The van der Waals surface area contributed by atoms with Crippen molar-refractivity contribution in [2.75, 3.05) is 13.1 Å². The van der Waals surface area contributed by atoms with Gasteiger partial charge in [-0.2, -0.15) is 0 Å². The topological polar surface area (TPSA) is 46.2 Å². The van der Waals surface area contributed by atoms with E-state index in [9.17, 15) is 8.42 Å². The van der Waals surface area contributed by atoms with Crippen molar-refractivity contribution >= 4 is 9.84 Å². The Balaban J connectivity index is 2.11. The van der Waals surface area contributed by atoms with Crippen molar-refractivity contribution in [3.05, 3.63) is 59.7 Å². The Kier molecular flexibility index (Phi) is 2.75. The molecule has 0 saturated carbocycles. The molecule has 1 spiro atoms. The minimum Gasteiger partial charge on any atom is -0.317 e. The zero-order chi connectivity index (χ0) is 14.5. The van der Waals surface area contributed by atoms with Crippen LogP contribution >= 0.6 is 0 Å². The molecule has 2 aromatic rings. The maximum Gasteiger partial charge on any atom is 0.207 e. The summed E-state index contributed by atoms with van der Waals surface area (Å²) in [6.45, 7) is 1.84. The summed E-state index contributed by atoms with van der Waals surface area (Å²) in [5, 5.41) is 3.39. The van der Waals surface area contributed by atoms with Crippen LogP contribution in [-0.2, 0) is 15.3 Å². The average Bonchev–Trinajstić information content (AvgIpc) is 2.55. The Morgan fingerprint density at radius 1 is 0.810 bits per heavy atom. The number of benzene rings is 2. The number of fused-ring (bicyclic) bond motifs is 4. The molecule has 0 bridgehead atoms. The van der Waals surface area contributed by atoms with E-state index in [2.05, 4.69) is 5.32 Å². The first kappa shape index (κ1) is 13.0. The molecule has 1 saturated heterocycles. The third-order valence-corrected chi connectivity index (χ3v) is 6.71. The molecule has 2 aromatic carbocycles. The Bertz CT molecular complexity index is 750. The van der Waals surface area contributed by atoms with Crippen molar-refractivity contribution in [1.82, 2.24) is 5.32 Å². The fourth-order valence-corrected chi connectivity index (χ4v) is 5.71. The number of piperidine rings is 1. The Morgan fingerprint density at radius 2 is 1.29 bits per heavy atom. The van der Waals surface area contributed by atoms with Crippen LogP contribution in [0.5, 0.6) is 0 Å². The summed E-state index contributed by atoms with van der Waals surface area (Å²) in [7, 11) is -3.40. The maximum absolute atomic E-state index is 12.9. The highest BCUT2D eigenvalue weighted by molar-refractivity contribution is 7.91. The smallest absolute Gasteiger partial charge is 0.207 e. The summed E-state index contributed by atoms with van der Waals surface area (Å²) >= 11 is 0. The second-order valence-electron chi connectivity index (χ2n) is 5.83. The van der Waals surface area contributed by atoms with Crippen LogP contribution in [0, 0.1) is 0 Å². The second kappa shape index (κ2) is 4.42. The van der Waals surface area contributed by atoms with Crippen molar-refractivity contribution in [2.45, 2.75) is 28.0 Å². The third kappa shape index (κ3) is 1.66. The van der Waals surface area contributed by atoms with Crippen LogP contribution in [0.2, 0.25) is 0 Å². The van der Waals surface area contributed by atoms with Gasteiger partial charge in [-0.25, -0.2) is 8.42 Å². The summed E-state index contributed by atoms with van der Waals surface area (Å²) in [5.41, 5.74) is 1.79. The first-order valence-electron chi connectivity index (χ1n) is 7.31. The molecule has 0 amide bonds. The molecule has 4 heteroatoms. The predicted octanol–water partition coefficient (Wildman–Crippen LogP) is 2.50. The van der Waals surface area contributed by atoms with E-state index in [1.807, 2.05) is 36.4 Å². The Labute approximate surface area is 124 Å². The lowest BCUT2D eigenvalue weighted by molar-refractivity contribution is 0.348. The van der Waals surface area contributed by atoms with E-state index in [4.69, 9.17) is 0 Å². The number of nitrogens with one attached hydrogen (secondary N) is 1. The van der Waals surface area contributed by atoms with Crippen LogP contribution in [-0.4, -0.2) is 21.5 Å². The zero-order valence-corrected chi connectivity index (χ0v) is 12.5. The van der Waals surface area contributed by atoms with Gasteiger partial charge in [0.25, 0.3) is 0 Å². The first-order chi connectivity index (χ1) is 10.2. The lowest BCUT2D eigenvalue weighted by Crippen LogP contribution is -2.44. The molecule has 21 heavy (non-hydrogen) atoms. The minimum atomic E-state index is -3.40. The third-order valence-electron chi connectivity index (χ3n) is 4.84. The maximum atomic E-state index is 12.9. The van der Waals surface area contributed by atoms with E-state index < -0.39 is 9.84 Å². The number of rotatable bonds is 0. The van der Waals surface area contributed by atoms with Crippen molar-refractivity contribution in [2.24, 2.45) is 0 Å². The highest BCUT2D eigenvalue weighted by Crippen LogP contribution is 2.50. The van der Waals surface area contributed by atoms with Gasteiger partial charge in [-0.15, -0.1) is 0 Å². The van der Waals surface area contributed by atoms with Gasteiger partial charge in [0, 0.05) is 5.41 Å². The number of hydrogen-bond acceptors (Lipinski definition) is 3. The monoisotopic (exact) mass is 299 g/mol. The number of hydrogen-bond donors (Lipinski definition) is 1. The van der Waals surface area contributed by atoms with Crippen molar-refractivity contribution in [3.63, 3.8) is 0 Å². The molecule has 3 nitrogen and oxygen atoms in total. The van der Waals surface area contributed by atoms with Gasteiger partial charge in [0.2, 0.25) is 9.84 Å². The van der Waals surface area contributed by atoms with Gasteiger partial charge in [-0.1, -0.05) is 36.4 Å². The standard InChI is InChI=1S/C17H17NO2S/c19-21(20)15-7-3-1-5-13(15)17(9-11-18-12-10-17)14-6-2-4-8-16(14)21/h1-8,18H,9-12H2. The molecule has 2 heterocycles. The van der Waals surface area contributed by atoms with Crippen LogP contribution in [0.25, 0.3) is 0 Å². The molecule has 0 aliphatic carbocycles. The van der Waals surface area contributed by atoms with Crippen LogP contribution in [0.1, 0.15) is 24.0 Å². The van der Waals surface area contributed by atoms with Gasteiger partial charge in [0.15, 0.2) is 0 Å². The van der Waals surface area contributed by atoms with E-state index in [1.54, 1.807) is 12.1 Å². The molecule has 0 radical (unpaired) electrons. The highest BCUT2D eigenvalue weighted by Gasteiger charge is 2.46. The van der Waals surface area contributed by atoms with Crippen molar-refractivity contribution in [1.29, 1.82) is 0 Å². The average molecular weight is 299 g/mol. The molecule has 0 atom stereocenters. The predicted molar refractivity (Wildman–Crippen MR) is 81.2 cm³/mol. The fourth-order valence-electron chi connectivity index (χ4n) is 3.85. The molecule has 108 valence electrons. The zero-order valence-electron chi connectivity index (χ0n) is 11.7. The molecule has 2 aliphatic heterocycles. The molecule has 4 rings (SSSR count). The lowest BCUT2D eigenvalue weighted by atomic mass is 9.68. The quantitative estimate of drug-likeness (QED) is 0.813. The summed E-state index contributed by atoms with van der Waals surface area (Å²) in [5.74, 6) is 0. The lowest BCUT2D eigenvalue weighted by Gasteiger charge is -2.43.